The number of rotatable bonds is 5. The van der Waals surface area contributed by atoms with Crippen molar-refractivity contribution in [3.05, 3.63) is 69.4 Å². The predicted molar refractivity (Wildman–Crippen MR) is 145 cm³/mol. The quantitative estimate of drug-likeness (QED) is 0.315. The molecule has 4 aromatic rings. The number of fused-ring (bicyclic) bond motifs is 4. The molecule has 0 bridgehead atoms. The standard InChI is InChI=1S/C28H26F2N6O3/c1-31-20-8-19(29)24(30)22-15(20)7-21-23(22)25(35(2)3)17(11-33-21)13-6-16-26(37)18(28(38)39)12-36(27(16)34-9-13)14-4-5-32-10-14/h6,8-9,11-12,14,31-32H,4-5,7,10H2,1-3H3,(H,38,39). The van der Waals surface area contributed by atoms with Crippen LogP contribution in [0.25, 0.3) is 33.3 Å². The molecule has 1 unspecified atom stereocenters. The van der Waals surface area contributed by atoms with Crippen LogP contribution >= 0.6 is 0 Å². The van der Waals surface area contributed by atoms with Gasteiger partial charge in [0, 0.05) is 92.7 Å². The third-order valence-corrected chi connectivity index (χ3v) is 7.61. The van der Waals surface area contributed by atoms with Crippen LogP contribution in [0.15, 0.2) is 35.5 Å². The molecule has 200 valence electrons. The fourth-order valence-corrected chi connectivity index (χ4v) is 5.80. The maximum Gasteiger partial charge on any atom is 0.341 e. The highest BCUT2D eigenvalue weighted by atomic mass is 19.2. The van der Waals surface area contributed by atoms with Crippen LogP contribution in [0.5, 0.6) is 0 Å². The molecule has 2 aliphatic rings. The number of anilines is 2. The van der Waals surface area contributed by atoms with Crippen molar-refractivity contribution in [2.45, 2.75) is 18.9 Å². The van der Waals surface area contributed by atoms with Gasteiger partial charge in [0.1, 0.15) is 11.2 Å². The molecule has 1 atom stereocenters. The maximum atomic E-state index is 15.3. The molecular formula is C28H26F2N6O3. The first-order valence-electron chi connectivity index (χ1n) is 12.6. The Hall–Kier alpha value is -4.38. The Morgan fingerprint density at radius 1 is 1.21 bits per heavy atom. The highest BCUT2D eigenvalue weighted by Gasteiger charge is 2.33. The van der Waals surface area contributed by atoms with Gasteiger partial charge in [0.05, 0.1) is 16.8 Å². The molecule has 39 heavy (non-hydrogen) atoms. The lowest BCUT2D eigenvalue weighted by Crippen LogP contribution is -2.23. The summed E-state index contributed by atoms with van der Waals surface area (Å²) in [5, 5.41) is 16.1. The first-order chi connectivity index (χ1) is 18.7. The second kappa shape index (κ2) is 9.12. The van der Waals surface area contributed by atoms with Gasteiger partial charge in [-0.1, -0.05) is 0 Å². The average Bonchev–Trinajstić information content (AvgIpc) is 3.58. The van der Waals surface area contributed by atoms with E-state index in [2.05, 4.69) is 20.6 Å². The number of nitrogens with one attached hydrogen (secondary N) is 2. The van der Waals surface area contributed by atoms with Gasteiger partial charge in [-0.25, -0.2) is 18.6 Å². The first-order valence-corrected chi connectivity index (χ1v) is 12.6. The summed E-state index contributed by atoms with van der Waals surface area (Å²) in [5.41, 5.74) is 3.45. The number of halogens is 2. The van der Waals surface area contributed by atoms with E-state index in [-0.39, 0.29) is 22.6 Å². The molecule has 6 rings (SSSR count). The van der Waals surface area contributed by atoms with Crippen molar-refractivity contribution >= 4 is 28.4 Å². The van der Waals surface area contributed by atoms with Crippen molar-refractivity contribution in [3.63, 3.8) is 0 Å². The van der Waals surface area contributed by atoms with Crippen LogP contribution in [0.2, 0.25) is 0 Å². The molecule has 0 radical (unpaired) electrons. The zero-order valence-electron chi connectivity index (χ0n) is 21.6. The number of nitrogens with zero attached hydrogens (tertiary/aromatic N) is 4. The molecular weight excluding hydrogens is 506 g/mol. The Morgan fingerprint density at radius 3 is 2.67 bits per heavy atom. The van der Waals surface area contributed by atoms with Crippen molar-refractivity contribution in [1.29, 1.82) is 0 Å². The van der Waals surface area contributed by atoms with Gasteiger partial charge in [-0.3, -0.25) is 9.78 Å². The normalized spacial score (nSPS) is 15.9. The number of aromatic nitrogens is 3. The van der Waals surface area contributed by atoms with Gasteiger partial charge >= 0.3 is 5.97 Å². The molecule has 3 aromatic heterocycles. The highest BCUT2D eigenvalue weighted by Crippen LogP contribution is 2.49. The van der Waals surface area contributed by atoms with Gasteiger partial charge in [0.15, 0.2) is 11.6 Å². The Morgan fingerprint density at radius 2 is 2.00 bits per heavy atom. The van der Waals surface area contributed by atoms with Gasteiger partial charge in [0.2, 0.25) is 5.43 Å². The van der Waals surface area contributed by atoms with Crippen molar-refractivity contribution in [2.75, 3.05) is 44.4 Å². The summed E-state index contributed by atoms with van der Waals surface area (Å²) in [6.07, 6.45) is 5.71. The second-order valence-electron chi connectivity index (χ2n) is 10.1. The van der Waals surface area contributed by atoms with E-state index >= 15 is 4.39 Å². The van der Waals surface area contributed by atoms with Gasteiger partial charge in [0.25, 0.3) is 0 Å². The fourth-order valence-electron chi connectivity index (χ4n) is 5.80. The largest absolute Gasteiger partial charge is 0.477 e. The number of pyridine rings is 3. The van der Waals surface area contributed by atoms with Crippen LogP contribution in [0.4, 0.5) is 20.2 Å². The predicted octanol–water partition coefficient (Wildman–Crippen LogP) is 3.65. The molecule has 3 N–H and O–H groups in total. The number of aromatic carboxylic acids is 1. The summed E-state index contributed by atoms with van der Waals surface area (Å²) in [6, 6.07) is 2.72. The van der Waals surface area contributed by atoms with Crippen molar-refractivity contribution in [1.82, 2.24) is 19.9 Å². The van der Waals surface area contributed by atoms with Crippen LogP contribution < -0.4 is 21.0 Å². The van der Waals surface area contributed by atoms with E-state index in [1.807, 2.05) is 0 Å². The number of hydrogen-bond acceptors (Lipinski definition) is 7. The molecule has 9 nitrogen and oxygen atoms in total. The SMILES string of the molecule is CNc1cc(F)c(F)c2c1Cc1ncc(-c3cnc4c(c3)c(=O)c(C(=O)O)cn4C3CCNC3)c(N(C)C)c1-2. The molecule has 1 aliphatic carbocycles. The smallest absolute Gasteiger partial charge is 0.341 e. The zero-order chi connectivity index (χ0) is 27.6. The van der Waals surface area contributed by atoms with Gasteiger partial charge < -0.3 is 25.2 Å². The Labute approximate surface area is 222 Å². The molecule has 0 amide bonds. The molecule has 1 saturated heterocycles. The number of carboxylic acids is 1. The molecule has 1 aromatic carbocycles. The minimum absolute atomic E-state index is 0.0423. The minimum Gasteiger partial charge on any atom is -0.477 e. The molecule has 0 spiro atoms. The van der Waals surface area contributed by atoms with E-state index in [4.69, 9.17) is 0 Å². The summed E-state index contributed by atoms with van der Waals surface area (Å²) in [7, 11) is 5.25. The lowest BCUT2D eigenvalue weighted by Gasteiger charge is -2.23. The van der Waals surface area contributed by atoms with Gasteiger partial charge in [-0.2, -0.15) is 0 Å². The van der Waals surface area contributed by atoms with E-state index in [0.717, 1.165) is 19.0 Å². The molecule has 0 saturated carbocycles. The summed E-state index contributed by atoms with van der Waals surface area (Å²) < 4.78 is 31.6. The summed E-state index contributed by atoms with van der Waals surface area (Å²) >= 11 is 0. The third-order valence-electron chi connectivity index (χ3n) is 7.61. The topological polar surface area (TPSA) is 112 Å². The van der Waals surface area contributed by atoms with Crippen LogP contribution in [0, 0.1) is 11.6 Å². The van der Waals surface area contributed by atoms with E-state index in [1.54, 1.807) is 49.1 Å². The van der Waals surface area contributed by atoms with E-state index in [0.29, 0.717) is 57.9 Å². The fraction of sp³-hybridized carbons (Fsp3) is 0.286. The zero-order valence-corrected chi connectivity index (χ0v) is 21.6. The second-order valence-corrected chi connectivity index (χ2v) is 10.1. The number of carboxylic acid groups (broad SMARTS) is 1. The maximum absolute atomic E-state index is 15.3. The Kier molecular flexibility index (Phi) is 5.83. The van der Waals surface area contributed by atoms with Gasteiger partial charge in [-0.05, 0) is 24.6 Å². The Bertz CT molecular complexity index is 1740. The molecule has 1 fully saturated rings. The summed E-state index contributed by atoms with van der Waals surface area (Å²) in [5.74, 6) is -3.22. The van der Waals surface area contributed by atoms with Crippen LogP contribution in [0.3, 0.4) is 0 Å². The first kappa shape index (κ1) is 24.9. The summed E-state index contributed by atoms with van der Waals surface area (Å²) in [4.78, 5) is 36.2. The van der Waals surface area contributed by atoms with Crippen molar-refractivity contribution < 1.29 is 18.7 Å². The number of benzene rings is 1. The minimum atomic E-state index is -1.31. The van der Waals surface area contributed by atoms with Crippen LogP contribution in [0.1, 0.15) is 34.1 Å². The molecule has 11 heteroatoms. The van der Waals surface area contributed by atoms with Gasteiger partial charge in [-0.15, -0.1) is 0 Å². The van der Waals surface area contributed by atoms with Crippen LogP contribution in [-0.4, -0.2) is 59.8 Å². The Balaban J connectivity index is 1.62. The number of carbonyl (C=O) groups is 1. The molecule has 4 heterocycles. The summed E-state index contributed by atoms with van der Waals surface area (Å²) in [6.45, 7) is 1.41. The third kappa shape index (κ3) is 3.75. The highest BCUT2D eigenvalue weighted by molar-refractivity contribution is 5.98. The number of hydrogen-bond donors (Lipinski definition) is 3. The lowest BCUT2D eigenvalue weighted by atomic mass is 9.97. The van der Waals surface area contributed by atoms with E-state index < -0.39 is 23.0 Å². The van der Waals surface area contributed by atoms with Crippen LogP contribution in [-0.2, 0) is 6.42 Å². The van der Waals surface area contributed by atoms with Crippen molar-refractivity contribution in [2.24, 2.45) is 0 Å². The van der Waals surface area contributed by atoms with E-state index in [9.17, 15) is 19.1 Å². The van der Waals surface area contributed by atoms with E-state index in [1.165, 1.54) is 6.20 Å². The lowest BCUT2D eigenvalue weighted by molar-refractivity contribution is 0.0694. The monoisotopic (exact) mass is 532 g/mol. The van der Waals surface area contributed by atoms with Crippen molar-refractivity contribution in [3.8, 4) is 22.3 Å². The average molecular weight is 533 g/mol. The molecule has 1 aliphatic heterocycles.